The lowest BCUT2D eigenvalue weighted by molar-refractivity contribution is 0.591. The number of piperazine rings is 1. The van der Waals surface area contributed by atoms with Crippen LogP contribution in [-0.4, -0.2) is 31.2 Å². The van der Waals surface area contributed by atoms with Crippen molar-refractivity contribution in [2.24, 2.45) is 0 Å². The van der Waals surface area contributed by atoms with Gasteiger partial charge in [-0.1, -0.05) is 29.8 Å². The second-order valence-corrected chi connectivity index (χ2v) is 6.84. The fraction of sp³-hybridized carbons (Fsp3) is 0.250. The van der Waals surface area contributed by atoms with Gasteiger partial charge in [-0.15, -0.1) is 0 Å². The molecule has 1 saturated heterocycles. The Kier molecular flexibility index (Phi) is 4.41. The topological polar surface area (TPSA) is 19.4 Å². The molecule has 1 aliphatic rings. The number of hydrogen-bond donors (Lipinski definition) is 0. The lowest BCUT2D eigenvalue weighted by Crippen LogP contribution is -2.47. The smallest absolute Gasteiger partial charge is 0.137 e. The van der Waals surface area contributed by atoms with Crippen LogP contribution >= 0.6 is 11.6 Å². The molecule has 0 saturated carbocycles. The molecule has 0 bridgehead atoms. The van der Waals surface area contributed by atoms with Crippen molar-refractivity contribution >= 4 is 34.0 Å². The summed E-state index contributed by atoms with van der Waals surface area (Å²) in [6.07, 6.45) is 0. The minimum Gasteiger partial charge on any atom is -0.368 e. The van der Waals surface area contributed by atoms with Crippen LogP contribution in [0.3, 0.4) is 0 Å². The molecule has 0 unspecified atom stereocenters. The maximum atomic E-state index is 14.1. The van der Waals surface area contributed by atoms with Gasteiger partial charge in [0.15, 0.2) is 0 Å². The van der Waals surface area contributed by atoms with Crippen LogP contribution in [0.2, 0.25) is 5.02 Å². The van der Waals surface area contributed by atoms with E-state index in [0.717, 1.165) is 37.8 Å². The van der Waals surface area contributed by atoms with Crippen LogP contribution in [0.15, 0.2) is 42.5 Å². The number of hydrogen-bond acceptors (Lipinski definition) is 3. The fourth-order valence-electron chi connectivity index (χ4n) is 3.47. The van der Waals surface area contributed by atoms with E-state index >= 15 is 0 Å². The molecule has 3 aromatic rings. The Morgan fingerprint density at radius 1 is 0.962 bits per heavy atom. The van der Waals surface area contributed by atoms with Gasteiger partial charge in [-0.05, 0) is 19.1 Å². The van der Waals surface area contributed by atoms with Crippen LogP contribution in [0, 0.1) is 18.6 Å². The van der Waals surface area contributed by atoms with E-state index in [1.54, 1.807) is 0 Å². The van der Waals surface area contributed by atoms with E-state index in [4.69, 9.17) is 11.6 Å². The molecule has 2 heterocycles. The number of halogens is 3. The molecule has 3 nitrogen and oxygen atoms in total. The van der Waals surface area contributed by atoms with Crippen LogP contribution < -0.4 is 9.80 Å². The third-order valence-electron chi connectivity index (χ3n) is 4.85. The van der Waals surface area contributed by atoms with Gasteiger partial charge in [0, 0.05) is 49.6 Å². The lowest BCUT2D eigenvalue weighted by Gasteiger charge is -2.37. The van der Waals surface area contributed by atoms with Crippen LogP contribution in [0.4, 0.5) is 20.3 Å². The highest BCUT2D eigenvalue weighted by molar-refractivity contribution is 6.36. The third kappa shape index (κ3) is 2.97. The van der Waals surface area contributed by atoms with Gasteiger partial charge in [0.25, 0.3) is 0 Å². The SMILES string of the molecule is Cc1c(N2CCN(c3ccccc3)CC2)nc2cc(F)cc(F)c2c1Cl. The highest BCUT2D eigenvalue weighted by atomic mass is 35.5. The zero-order chi connectivity index (χ0) is 18.3. The van der Waals surface area contributed by atoms with E-state index in [1.165, 1.54) is 11.8 Å². The molecule has 0 amide bonds. The summed E-state index contributed by atoms with van der Waals surface area (Å²) in [5.74, 6) is -0.636. The molecule has 1 aliphatic heterocycles. The number of fused-ring (bicyclic) bond motifs is 1. The van der Waals surface area contributed by atoms with E-state index in [-0.39, 0.29) is 10.9 Å². The normalized spacial score (nSPS) is 14.9. The average Bonchev–Trinajstić information content (AvgIpc) is 2.65. The summed E-state index contributed by atoms with van der Waals surface area (Å²) in [6, 6.07) is 12.3. The van der Waals surface area contributed by atoms with Crippen LogP contribution in [0.25, 0.3) is 10.9 Å². The van der Waals surface area contributed by atoms with Crippen molar-refractivity contribution in [3.63, 3.8) is 0 Å². The van der Waals surface area contributed by atoms with Gasteiger partial charge in [-0.25, -0.2) is 13.8 Å². The predicted molar refractivity (Wildman–Crippen MR) is 102 cm³/mol. The van der Waals surface area contributed by atoms with Crippen LogP contribution in [0.5, 0.6) is 0 Å². The van der Waals surface area contributed by atoms with Gasteiger partial charge in [0.2, 0.25) is 0 Å². The molecule has 0 aliphatic carbocycles. The summed E-state index contributed by atoms with van der Waals surface area (Å²) in [5.41, 5.74) is 2.16. The van der Waals surface area contributed by atoms with Crippen molar-refractivity contribution in [1.29, 1.82) is 0 Å². The van der Waals surface area contributed by atoms with Crippen LogP contribution in [0.1, 0.15) is 5.56 Å². The van der Waals surface area contributed by atoms with Crippen molar-refractivity contribution in [3.05, 3.63) is 64.7 Å². The molecular formula is C20H18ClF2N3. The minimum atomic E-state index is -0.680. The molecule has 134 valence electrons. The maximum Gasteiger partial charge on any atom is 0.137 e. The zero-order valence-electron chi connectivity index (χ0n) is 14.3. The fourth-order valence-corrected chi connectivity index (χ4v) is 3.74. The van der Waals surface area contributed by atoms with Crippen molar-refractivity contribution in [3.8, 4) is 0 Å². The summed E-state index contributed by atoms with van der Waals surface area (Å²) < 4.78 is 27.7. The Labute approximate surface area is 155 Å². The van der Waals surface area contributed by atoms with Crippen molar-refractivity contribution in [2.75, 3.05) is 36.0 Å². The van der Waals surface area contributed by atoms with Gasteiger partial charge < -0.3 is 9.80 Å². The molecule has 4 rings (SSSR count). The van der Waals surface area contributed by atoms with Crippen LogP contribution in [-0.2, 0) is 0 Å². The van der Waals surface area contributed by atoms with Gasteiger partial charge in [0.1, 0.15) is 17.5 Å². The molecule has 2 aromatic carbocycles. The third-order valence-corrected chi connectivity index (χ3v) is 5.32. The maximum absolute atomic E-state index is 14.1. The van der Waals surface area contributed by atoms with E-state index < -0.39 is 11.6 Å². The first-order valence-corrected chi connectivity index (χ1v) is 8.92. The van der Waals surface area contributed by atoms with Crippen molar-refractivity contribution in [2.45, 2.75) is 6.92 Å². The number of rotatable bonds is 2. The molecule has 0 spiro atoms. The number of para-hydroxylation sites is 1. The number of benzene rings is 2. The molecule has 1 aromatic heterocycles. The summed E-state index contributed by atoms with van der Waals surface area (Å²) in [6.45, 7) is 5.05. The molecule has 0 N–H and O–H groups in total. The van der Waals surface area contributed by atoms with E-state index in [2.05, 4.69) is 26.9 Å². The van der Waals surface area contributed by atoms with Crippen molar-refractivity contribution in [1.82, 2.24) is 4.98 Å². The summed E-state index contributed by atoms with van der Waals surface area (Å²) >= 11 is 6.39. The number of nitrogens with zero attached hydrogens (tertiary/aromatic N) is 3. The summed E-state index contributed by atoms with van der Waals surface area (Å²) in [7, 11) is 0. The summed E-state index contributed by atoms with van der Waals surface area (Å²) in [5, 5.41) is 0.477. The van der Waals surface area contributed by atoms with Crippen molar-refractivity contribution < 1.29 is 8.78 Å². The highest BCUT2D eigenvalue weighted by Crippen LogP contribution is 2.34. The van der Waals surface area contributed by atoms with E-state index in [9.17, 15) is 8.78 Å². The second kappa shape index (κ2) is 6.72. The molecule has 0 radical (unpaired) electrons. The molecule has 6 heteroatoms. The van der Waals surface area contributed by atoms with Gasteiger partial charge in [-0.2, -0.15) is 0 Å². The Bertz CT molecular complexity index is 954. The highest BCUT2D eigenvalue weighted by Gasteiger charge is 2.23. The predicted octanol–water partition coefficient (Wildman–Crippen LogP) is 4.80. The standard InChI is InChI=1S/C20H18ClF2N3/c1-13-19(21)18-16(23)11-14(22)12-17(18)24-20(13)26-9-7-25(8-10-26)15-5-3-2-4-6-15/h2-6,11-12H,7-10H2,1H3. The number of pyridine rings is 1. The zero-order valence-corrected chi connectivity index (χ0v) is 15.1. The molecule has 1 fully saturated rings. The number of aromatic nitrogens is 1. The Morgan fingerprint density at radius 3 is 2.31 bits per heavy atom. The molecule has 26 heavy (non-hydrogen) atoms. The first-order chi connectivity index (χ1) is 12.5. The molecular weight excluding hydrogens is 356 g/mol. The Hall–Kier alpha value is -2.40. The quantitative estimate of drug-likeness (QED) is 0.643. The van der Waals surface area contributed by atoms with Gasteiger partial charge in [0.05, 0.1) is 15.9 Å². The monoisotopic (exact) mass is 373 g/mol. The number of anilines is 2. The first kappa shape index (κ1) is 17.0. The van der Waals surface area contributed by atoms with E-state index in [0.29, 0.717) is 10.8 Å². The lowest BCUT2D eigenvalue weighted by atomic mass is 10.1. The Morgan fingerprint density at radius 2 is 1.62 bits per heavy atom. The largest absolute Gasteiger partial charge is 0.368 e. The first-order valence-electron chi connectivity index (χ1n) is 8.54. The van der Waals surface area contributed by atoms with Gasteiger partial charge >= 0.3 is 0 Å². The average molecular weight is 374 g/mol. The Balaban J connectivity index is 1.65. The minimum absolute atomic E-state index is 0.178. The molecule has 0 atom stereocenters. The van der Waals surface area contributed by atoms with E-state index in [1.807, 2.05) is 25.1 Å². The second-order valence-electron chi connectivity index (χ2n) is 6.47. The summed E-state index contributed by atoms with van der Waals surface area (Å²) in [4.78, 5) is 8.96. The van der Waals surface area contributed by atoms with Gasteiger partial charge in [-0.3, -0.25) is 0 Å².